The monoisotopic (exact) mass is 1050 g/mol. The molecule has 0 aliphatic heterocycles. The van der Waals surface area contributed by atoms with Crippen LogP contribution in [0, 0.1) is 25.5 Å². The van der Waals surface area contributed by atoms with Crippen LogP contribution in [0.1, 0.15) is 132 Å². The Bertz CT molecular complexity index is 2380. The number of ketones is 1. The molecule has 6 aromatic rings. The summed E-state index contributed by atoms with van der Waals surface area (Å²) in [6.07, 6.45) is 16.7. The number of hydrogen-bond acceptors (Lipinski definition) is 8. The second-order valence-corrected chi connectivity index (χ2v) is 30.1. The maximum Gasteiger partial charge on any atom is 0.191 e. The molecule has 0 N–H and O–H groups in total. The molecule has 0 unspecified atom stereocenters. The minimum absolute atomic E-state index is 0.213. The van der Waals surface area contributed by atoms with Crippen molar-refractivity contribution in [2.45, 2.75) is 140 Å². The van der Waals surface area contributed by atoms with Crippen LogP contribution >= 0.6 is 15.9 Å². The summed E-state index contributed by atoms with van der Waals surface area (Å²) in [5, 5.41) is 8.51. The first-order valence-electron chi connectivity index (χ1n) is 22.7. The topological polar surface area (TPSA) is 114 Å². The molecule has 0 saturated heterocycles. The third-order valence-electron chi connectivity index (χ3n) is 11.1. The molecule has 6 rings (SSSR count). The molecule has 346 valence electrons. The average Bonchev–Trinajstić information content (AvgIpc) is 4.09. The van der Waals surface area contributed by atoms with Gasteiger partial charge in [0.2, 0.25) is 0 Å². The number of oxazole rings is 2. The van der Waals surface area contributed by atoms with Crippen LogP contribution in [0.15, 0.2) is 84.8 Å². The number of aromatic nitrogens is 6. The van der Waals surface area contributed by atoms with Crippen molar-refractivity contribution in [2.75, 3.05) is 6.61 Å². The van der Waals surface area contributed by atoms with Gasteiger partial charge in [-0.15, -0.1) is 0 Å². The van der Waals surface area contributed by atoms with Crippen molar-refractivity contribution in [3.63, 3.8) is 0 Å². The van der Waals surface area contributed by atoms with Gasteiger partial charge in [0, 0.05) is 73.3 Å². The van der Waals surface area contributed by atoms with E-state index in [1.165, 1.54) is 86.8 Å². The van der Waals surface area contributed by atoms with Gasteiger partial charge < -0.3 is 8.83 Å². The van der Waals surface area contributed by atoms with Crippen LogP contribution < -0.4 is 0 Å². The Balaban J connectivity index is 0.000000213. The molecular formula is C50H67BrF2N6O4Sn. The Morgan fingerprint density at radius 2 is 1.19 bits per heavy atom. The first-order chi connectivity index (χ1) is 30.7. The van der Waals surface area contributed by atoms with Crippen molar-refractivity contribution in [2.24, 2.45) is 0 Å². The predicted molar refractivity (Wildman–Crippen MR) is 258 cm³/mol. The molecule has 4 aromatic heterocycles. The standard InChI is InChI=1S/C18H18FN3O2.C16H15BrFN3O.C4H7O.3C4H9.Sn/c1-4-22-10-13(9-20-22)7-17-18(21-12(3)24-17)15-6-5-14(19)8-16(15)11(2)23;1-3-21-9-11(8-19-21)6-15-16(20-10(2)22-15)13-5-4-12(18)7-14(13)17;1-3-5-4-2;3*1-3-4-2;/h5-6,8-10H,4,7H2,1-3H3;4-5,7-9H,3,6H2,1-2H3;1,4H2,2H3;3*1,3-4H2,2H3;. The van der Waals surface area contributed by atoms with E-state index in [2.05, 4.69) is 70.4 Å². The number of ether oxygens (including phenoxy) is 1. The molecule has 0 saturated carbocycles. The zero-order valence-electron chi connectivity index (χ0n) is 39.3. The minimum Gasteiger partial charge on any atom is -0.445 e. The normalized spacial score (nSPS) is 11.2. The quantitative estimate of drug-likeness (QED) is 0.0398. The maximum atomic E-state index is 13.5. The second kappa shape index (κ2) is 25.9. The van der Waals surface area contributed by atoms with Crippen LogP contribution in [0.25, 0.3) is 22.5 Å². The van der Waals surface area contributed by atoms with E-state index in [9.17, 15) is 13.6 Å². The van der Waals surface area contributed by atoms with E-state index in [-0.39, 0.29) is 11.6 Å². The number of aryl methyl sites for hydroxylation is 4. The van der Waals surface area contributed by atoms with Gasteiger partial charge in [-0.05, 0) is 84.2 Å². The Kier molecular flexibility index (Phi) is 21.2. The van der Waals surface area contributed by atoms with E-state index in [1.54, 1.807) is 32.2 Å². The molecule has 0 aliphatic rings. The van der Waals surface area contributed by atoms with Crippen LogP contribution in [-0.4, -0.2) is 60.3 Å². The molecule has 0 radical (unpaired) electrons. The van der Waals surface area contributed by atoms with Crippen molar-refractivity contribution in [1.82, 2.24) is 29.5 Å². The molecule has 0 amide bonds. The molecule has 0 aliphatic carbocycles. The van der Waals surface area contributed by atoms with Crippen molar-refractivity contribution in [3.05, 3.63) is 128 Å². The smallest absolute Gasteiger partial charge is 0.191 e. The van der Waals surface area contributed by atoms with E-state index < -0.39 is 24.2 Å². The van der Waals surface area contributed by atoms with Gasteiger partial charge in [0.15, 0.2) is 17.6 Å². The Morgan fingerprint density at radius 3 is 1.59 bits per heavy atom. The molecule has 0 bridgehead atoms. The molecule has 64 heavy (non-hydrogen) atoms. The van der Waals surface area contributed by atoms with Crippen molar-refractivity contribution < 1.29 is 27.1 Å². The van der Waals surface area contributed by atoms with Gasteiger partial charge in [-0.2, -0.15) is 10.2 Å². The minimum atomic E-state index is -2.24. The number of hydrogen-bond donors (Lipinski definition) is 0. The Morgan fingerprint density at radius 1 is 0.734 bits per heavy atom. The fourth-order valence-corrected chi connectivity index (χ4v) is 22.8. The molecule has 14 heteroatoms. The summed E-state index contributed by atoms with van der Waals surface area (Å²) in [6.45, 7) is 24.8. The average molecular weight is 1050 g/mol. The van der Waals surface area contributed by atoms with Crippen molar-refractivity contribution in [3.8, 4) is 22.5 Å². The zero-order chi connectivity index (χ0) is 46.8. The molecule has 4 heterocycles. The van der Waals surface area contributed by atoms with Gasteiger partial charge in [0.1, 0.15) is 34.5 Å². The largest absolute Gasteiger partial charge is 0.445 e. The number of nitrogens with zero attached hydrogens (tertiary/aromatic N) is 6. The Labute approximate surface area is 391 Å². The van der Waals surface area contributed by atoms with Gasteiger partial charge in [-0.25, -0.2) is 18.7 Å². The number of benzene rings is 2. The van der Waals surface area contributed by atoms with E-state index in [1.807, 2.05) is 41.8 Å². The summed E-state index contributed by atoms with van der Waals surface area (Å²) in [5.74, 6) is 1.52. The van der Waals surface area contributed by atoms with Gasteiger partial charge >= 0.3 is 120 Å². The third-order valence-corrected chi connectivity index (χ3v) is 26.8. The summed E-state index contributed by atoms with van der Waals surface area (Å²) in [5.41, 5.74) is 5.04. The van der Waals surface area contributed by atoms with Gasteiger partial charge in [-0.1, -0.05) is 0 Å². The number of rotatable bonds is 21. The second-order valence-electron chi connectivity index (χ2n) is 16.1. The first-order valence-corrected chi connectivity index (χ1v) is 31.0. The van der Waals surface area contributed by atoms with Crippen molar-refractivity contribution in [1.29, 1.82) is 0 Å². The zero-order valence-corrected chi connectivity index (χ0v) is 43.8. The number of carbonyl (C=O) groups excluding carboxylic acids is 1. The van der Waals surface area contributed by atoms with Gasteiger partial charge in [0.25, 0.3) is 0 Å². The summed E-state index contributed by atoms with van der Waals surface area (Å²) < 4.78 is 54.2. The van der Waals surface area contributed by atoms with Crippen LogP contribution in [0.3, 0.4) is 0 Å². The van der Waals surface area contributed by atoms with E-state index in [0.29, 0.717) is 51.7 Å². The SMILES string of the molecule is C=[C](OCC)[Sn]([CH2]CCC)([CH2]CCC)[CH2]CCC.CCn1cc(Cc2oc(C)nc2-c2ccc(F)cc2Br)cn1.CCn1cc(Cc2oc(C)nc2-c2ccc(F)cc2C(C)=O)cn1. The van der Waals surface area contributed by atoms with Crippen LogP contribution in [0.4, 0.5) is 8.78 Å². The van der Waals surface area contributed by atoms with Gasteiger partial charge in [-0.3, -0.25) is 14.2 Å². The summed E-state index contributed by atoms with van der Waals surface area (Å²) in [7, 11) is 0. The summed E-state index contributed by atoms with van der Waals surface area (Å²) >= 11 is 1.15. The molecule has 0 fully saturated rings. The molecular weight excluding hydrogens is 985 g/mol. The summed E-state index contributed by atoms with van der Waals surface area (Å²) in [6, 6.07) is 8.69. The molecule has 10 nitrogen and oxygen atoms in total. The molecule has 0 atom stereocenters. The fourth-order valence-electron chi connectivity index (χ4n) is 7.67. The molecule has 2 aromatic carbocycles. The maximum absolute atomic E-state index is 13.5. The first kappa shape index (κ1) is 52.3. The van der Waals surface area contributed by atoms with Crippen LogP contribution in [0.5, 0.6) is 0 Å². The number of unbranched alkanes of at least 4 members (excludes halogenated alkanes) is 3. The van der Waals surface area contributed by atoms with Crippen LogP contribution in [0.2, 0.25) is 13.3 Å². The Hall–Kier alpha value is -4.37. The fraction of sp³-hybridized carbons (Fsp3) is 0.460. The summed E-state index contributed by atoms with van der Waals surface area (Å²) in [4.78, 5) is 20.7. The predicted octanol–water partition coefficient (Wildman–Crippen LogP) is 14.1. The third kappa shape index (κ3) is 14.8. The van der Waals surface area contributed by atoms with Crippen molar-refractivity contribution >= 4 is 40.1 Å². The van der Waals surface area contributed by atoms with Crippen LogP contribution in [-0.2, 0) is 30.7 Å². The van der Waals surface area contributed by atoms with E-state index in [4.69, 9.17) is 13.6 Å². The van der Waals surface area contributed by atoms with E-state index >= 15 is 0 Å². The number of Topliss-reactive ketones (excluding diaryl/α,β-unsaturated/α-hetero) is 1. The van der Waals surface area contributed by atoms with E-state index in [0.717, 1.165) is 47.8 Å². The molecule has 0 spiro atoms. The number of halogens is 3. The van der Waals surface area contributed by atoms with Gasteiger partial charge in [0.05, 0.1) is 12.4 Å². The number of carbonyl (C=O) groups is 1.